The minimum absolute atomic E-state index is 0.153. The lowest BCUT2D eigenvalue weighted by atomic mass is 9.77. The molecule has 1 aliphatic carbocycles. The summed E-state index contributed by atoms with van der Waals surface area (Å²) in [5.74, 6) is 1.53. The number of anilines is 1. The van der Waals surface area contributed by atoms with Gasteiger partial charge in [0, 0.05) is 35.6 Å². The molecule has 24 heavy (non-hydrogen) atoms. The number of Topliss-reactive ketones (excluding diaryl/α,β-unsaturated/α-hetero) is 1. The third-order valence-electron chi connectivity index (χ3n) is 4.87. The lowest BCUT2D eigenvalue weighted by Crippen LogP contribution is -2.27. The molecule has 5 rings (SSSR count). The smallest absolute Gasteiger partial charge is 0.231 e. The molecule has 0 saturated carbocycles. The van der Waals surface area contributed by atoms with Crippen LogP contribution >= 0.6 is 0 Å². The van der Waals surface area contributed by atoms with E-state index >= 15 is 0 Å². The zero-order valence-electron chi connectivity index (χ0n) is 13.0. The summed E-state index contributed by atoms with van der Waals surface area (Å²) in [6, 6.07) is 9.79. The number of nitrogens with zero attached hydrogens (tertiary/aromatic N) is 1. The van der Waals surface area contributed by atoms with Gasteiger partial charge in [-0.1, -0.05) is 6.07 Å². The second kappa shape index (κ2) is 5.09. The van der Waals surface area contributed by atoms with E-state index in [1.54, 1.807) is 6.20 Å². The number of carbonyl (C=O) groups excluding carboxylic acids is 1. The van der Waals surface area contributed by atoms with Gasteiger partial charge in [-0.05, 0) is 36.6 Å². The fourth-order valence-electron chi connectivity index (χ4n) is 3.81. The largest absolute Gasteiger partial charge is 0.454 e. The molecular formula is C19H16N2O3. The van der Waals surface area contributed by atoms with Gasteiger partial charge in [0.1, 0.15) is 0 Å². The lowest BCUT2D eigenvalue weighted by molar-refractivity contribution is -0.116. The van der Waals surface area contributed by atoms with Crippen molar-refractivity contribution in [3.8, 4) is 11.5 Å². The van der Waals surface area contributed by atoms with E-state index in [1.165, 1.54) is 0 Å². The Bertz CT molecular complexity index is 874. The van der Waals surface area contributed by atoms with Crippen molar-refractivity contribution in [3.63, 3.8) is 0 Å². The van der Waals surface area contributed by atoms with E-state index in [2.05, 4.69) is 10.3 Å². The number of nitrogens with one attached hydrogen (secondary N) is 1. The Hall–Kier alpha value is -2.82. The first-order valence-corrected chi connectivity index (χ1v) is 8.19. The van der Waals surface area contributed by atoms with E-state index in [9.17, 15) is 4.79 Å². The van der Waals surface area contributed by atoms with Crippen LogP contribution in [0.5, 0.6) is 11.5 Å². The predicted octanol–water partition coefficient (Wildman–Crippen LogP) is 3.37. The number of fused-ring (bicyclic) bond motifs is 2. The van der Waals surface area contributed by atoms with Gasteiger partial charge in [0.15, 0.2) is 17.3 Å². The molecule has 0 spiro atoms. The third kappa shape index (κ3) is 1.94. The van der Waals surface area contributed by atoms with Crippen LogP contribution in [0.2, 0.25) is 0 Å². The second-order valence-corrected chi connectivity index (χ2v) is 6.27. The number of hydrogen-bond donors (Lipinski definition) is 1. The van der Waals surface area contributed by atoms with E-state index < -0.39 is 0 Å². The highest BCUT2D eigenvalue weighted by molar-refractivity contribution is 6.01. The van der Waals surface area contributed by atoms with Crippen LogP contribution < -0.4 is 14.8 Å². The van der Waals surface area contributed by atoms with Gasteiger partial charge in [0.2, 0.25) is 6.79 Å². The summed E-state index contributed by atoms with van der Waals surface area (Å²) in [6.07, 6.45) is 4.15. The molecule has 0 bridgehead atoms. The van der Waals surface area contributed by atoms with Gasteiger partial charge in [0.25, 0.3) is 0 Å². The molecule has 1 unspecified atom stereocenters. The number of hydrogen-bond acceptors (Lipinski definition) is 5. The Labute approximate surface area is 139 Å². The highest BCUT2D eigenvalue weighted by Crippen LogP contribution is 2.48. The van der Waals surface area contributed by atoms with Crippen molar-refractivity contribution in [2.45, 2.75) is 25.2 Å². The van der Waals surface area contributed by atoms with Crippen molar-refractivity contribution >= 4 is 11.5 Å². The van der Waals surface area contributed by atoms with E-state index in [-0.39, 0.29) is 18.5 Å². The van der Waals surface area contributed by atoms with Gasteiger partial charge in [-0.25, -0.2) is 0 Å². The van der Waals surface area contributed by atoms with Crippen molar-refractivity contribution in [3.05, 3.63) is 59.1 Å². The standard InChI is InChI=1S/C19H16N2O3/c22-15-6-3-5-13-19(15)18(12-4-1-2-7-20-12)11-8-16-17(24-10-23-16)9-14(11)21-13/h1-2,4,7-9,18,21H,3,5-6,10H2. The molecule has 1 aromatic heterocycles. The van der Waals surface area contributed by atoms with Crippen molar-refractivity contribution in [1.82, 2.24) is 4.98 Å². The molecule has 0 saturated heterocycles. The number of aromatic nitrogens is 1. The maximum absolute atomic E-state index is 12.7. The highest BCUT2D eigenvalue weighted by Gasteiger charge is 2.37. The Balaban J connectivity index is 1.74. The second-order valence-electron chi connectivity index (χ2n) is 6.27. The van der Waals surface area contributed by atoms with Crippen molar-refractivity contribution < 1.29 is 14.3 Å². The molecule has 1 N–H and O–H groups in total. The van der Waals surface area contributed by atoms with E-state index in [4.69, 9.17) is 9.47 Å². The molecule has 5 heteroatoms. The highest BCUT2D eigenvalue weighted by atomic mass is 16.7. The normalized spacial score (nSPS) is 21.2. The summed E-state index contributed by atoms with van der Waals surface area (Å²) in [5, 5.41) is 3.45. The van der Waals surface area contributed by atoms with Gasteiger partial charge in [-0.2, -0.15) is 0 Å². The molecule has 3 aliphatic rings. The third-order valence-corrected chi connectivity index (χ3v) is 4.87. The van der Waals surface area contributed by atoms with Crippen LogP contribution in [-0.2, 0) is 4.79 Å². The first-order valence-electron chi connectivity index (χ1n) is 8.19. The fourth-order valence-corrected chi connectivity index (χ4v) is 3.81. The minimum atomic E-state index is -0.153. The number of rotatable bonds is 1. The zero-order chi connectivity index (χ0) is 16.1. The van der Waals surface area contributed by atoms with Crippen LogP contribution in [0.3, 0.4) is 0 Å². The van der Waals surface area contributed by atoms with Gasteiger partial charge in [-0.15, -0.1) is 0 Å². The predicted molar refractivity (Wildman–Crippen MR) is 88.2 cm³/mol. The van der Waals surface area contributed by atoms with Crippen molar-refractivity contribution in [2.24, 2.45) is 0 Å². The summed E-state index contributed by atoms with van der Waals surface area (Å²) in [6.45, 7) is 0.235. The van der Waals surface area contributed by atoms with E-state index in [1.807, 2.05) is 30.3 Å². The molecular weight excluding hydrogens is 304 g/mol. The van der Waals surface area contributed by atoms with Crippen LogP contribution in [0, 0.1) is 0 Å². The molecule has 120 valence electrons. The Morgan fingerprint density at radius 1 is 1.12 bits per heavy atom. The lowest BCUT2D eigenvalue weighted by Gasteiger charge is -2.33. The number of benzene rings is 1. The molecule has 3 heterocycles. The maximum Gasteiger partial charge on any atom is 0.231 e. The molecule has 2 aliphatic heterocycles. The summed E-state index contributed by atoms with van der Waals surface area (Å²) < 4.78 is 11.0. The molecule has 2 aromatic rings. The first kappa shape index (κ1) is 13.6. The van der Waals surface area contributed by atoms with Crippen LogP contribution in [0.25, 0.3) is 0 Å². The molecule has 0 fully saturated rings. The van der Waals surface area contributed by atoms with Gasteiger partial charge in [0.05, 0.1) is 11.6 Å². The van der Waals surface area contributed by atoms with Crippen LogP contribution in [0.4, 0.5) is 5.69 Å². The topological polar surface area (TPSA) is 60.5 Å². The Morgan fingerprint density at radius 3 is 2.83 bits per heavy atom. The Kier molecular flexibility index (Phi) is 2.89. The number of ether oxygens (including phenoxy) is 2. The van der Waals surface area contributed by atoms with Crippen LogP contribution in [0.15, 0.2) is 47.8 Å². The molecule has 1 atom stereocenters. The van der Waals surface area contributed by atoms with Crippen LogP contribution in [-0.4, -0.2) is 17.6 Å². The Morgan fingerprint density at radius 2 is 2.00 bits per heavy atom. The number of carbonyl (C=O) groups is 1. The SMILES string of the molecule is O=C1CCCC2=C1C(c1ccccn1)c1cc3c(cc1N2)OCO3. The molecule has 5 nitrogen and oxygen atoms in total. The summed E-state index contributed by atoms with van der Waals surface area (Å²) in [5.41, 5.74) is 4.76. The molecule has 0 radical (unpaired) electrons. The monoisotopic (exact) mass is 320 g/mol. The minimum Gasteiger partial charge on any atom is -0.454 e. The van der Waals surface area contributed by atoms with Gasteiger partial charge < -0.3 is 14.8 Å². The molecule has 0 amide bonds. The fraction of sp³-hybridized carbons (Fsp3) is 0.263. The van der Waals surface area contributed by atoms with Crippen molar-refractivity contribution in [1.29, 1.82) is 0 Å². The van der Waals surface area contributed by atoms with E-state index in [0.717, 1.165) is 52.6 Å². The number of allylic oxidation sites excluding steroid dienone is 2. The van der Waals surface area contributed by atoms with Crippen LogP contribution in [0.1, 0.15) is 36.4 Å². The quantitative estimate of drug-likeness (QED) is 0.873. The number of pyridine rings is 1. The summed E-state index contributed by atoms with van der Waals surface area (Å²) in [7, 11) is 0. The molecule has 1 aromatic carbocycles. The zero-order valence-corrected chi connectivity index (χ0v) is 13.0. The van der Waals surface area contributed by atoms with Gasteiger partial charge in [-0.3, -0.25) is 9.78 Å². The summed E-state index contributed by atoms with van der Waals surface area (Å²) in [4.78, 5) is 17.2. The van der Waals surface area contributed by atoms with Gasteiger partial charge >= 0.3 is 0 Å². The van der Waals surface area contributed by atoms with Crippen molar-refractivity contribution in [2.75, 3.05) is 12.1 Å². The maximum atomic E-state index is 12.7. The average molecular weight is 320 g/mol. The van der Waals surface area contributed by atoms with E-state index in [0.29, 0.717) is 6.42 Å². The first-order chi connectivity index (χ1) is 11.8. The number of ketones is 1. The summed E-state index contributed by atoms with van der Waals surface area (Å²) >= 11 is 0. The average Bonchev–Trinajstić information content (AvgIpc) is 3.06.